The van der Waals surface area contributed by atoms with Gasteiger partial charge in [0.1, 0.15) is 12.4 Å². The normalized spacial score (nSPS) is 10.1. The molecule has 0 aliphatic carbocycles. The number of halogens is 1. The van der Waals surface area contributed by atoms with Gasteiger partial charge in [0.05, 0.1) is 0 Å². The number of pyridine rings is 1. The first-order chi connectivity index (χ1) is 7.75. The van der Waals surface area contributed by atoms with Crippen molar-refractivity contribution in [2.45, 2.75) is 13.5 Å². The highest BCUT2D eigenvalue weighted by Gasteiger charge is 2.00. The van der Waals surface area contributed by atoms with Crippen molar-refractivity contribution in [2.24, 2.45) is 0 Å². The number of hydrogen-bond acceptors (Lipinski definition) is 2. The van der Waals surface area contributed by atoms with E-state index in [1.165, 1.54) is 5.56 Å². The molecule has 0 aliphatic heterocycles. The van der Waals surface area contributed by atoms with Crippen LogP contribution < -0.4 is 4.74 Å². The van der Waals surface area contributed by atoms with E-state index >= 15 is 0 Å². The van der Waals surface area contributed by atoms with Crippen LogP contribution in [0.1, 0.15) is 11.1 Å². The molecule has 82 valence electrons. The summed E-state index contributed by atoms with van der Waals surface area (Å²) in [6.07, 6.45) is 3.56. The topological polar surface area (TPSA) is 22.1 Å². The van der Waals surface area contributed by atoms with E-state index in [0.29, 0.717) is 6.61 Å². The van der Waals surface area contributed by atoms with Crippen LogP contribution in [0, 0.1) is 6.92 Å². The van der Waals surface area contributed by atoms with E-state index < -0.39 is 0 Å². The van der Waals surface area contributed by atoms with Crippen LogP contribution in [0.2, 0.25) is 0 Å². The van der Waals surface area contributed by atoms with E-state index in [0.717, 1.165) is 15.8 Å². The Balaban J connectivity index is 2.05. The summed E-state index contributed by atoms with van der Waals surface area (Å²) >= 11 is 3.46. The van der Waals surface area contributed by atoms with Crippen LogP contribution in [0.4, 0.5) is 0 Å². The zero-order valence-electron chi connectivity index (χ0n) is 8.98. The molecule has 0 N–H and O–H groups in total. The van der Waals surface area contributed by atoms with E-state index in [9.17, 15) is 0 Å². The average Bonchev–Trinajstić information content (AvgIpc) is 2.28. The molecule has 2 nitrogen and oxygen atoms in total. The van der Waals surface area contributed by atoms with Crippen LogP contribution in [0.15, 0.2) is 47.2 Å². The molecule has 1 heterocycles. The maximum absolute atomic E-state index is 5.68. The third-order valence-electron chi connectivity index (χ3n) is 2.23. The highest BCUT2D eigenvalue weighted by molar-refractivity contribution is 9.10. The molecule has 0 radical (unpaired) electrons. The van der Waals surface area contributed by atoms with Gasteiger partial charge in [0.15, 0.2) is 0 Å². The molecule has 0 unspecified atom stereocenters. The van der Waals surface area contributed by atoms with E-state index in [1.54, 1.807) is 12.4 Å². The van der Waals surface area contributed by atoms with Gasteiger partial charge in [0.2, 0.25) is 0 Å². The quantitative estimate of drug-likeness (QED) is 0.853. The molecule has 1 aromatic carbocycles. The molecule has 0 aliphatic rings. The van der Waals surface area contributed by atoms with Crippen molar-refractivity contribution in [3.8, 4) is 5.75 Å². The lowest BCUT2D eigenvalue weighted by Crippen LogP contribution is -1.97. The van der Waals surface area contributed by atoms with Crippen molar-refractivity contribution >= 4 is 15.9 Å². The van der Waals surface area contributed by atoms with Gasteiger partial charge in [-0.1, -0.05) is 28.1 Å². The minimum absolute atomic E-state index is 0.526. The van der Waals surface area contributed by atoms with Crippen molar-refractivity contribution < 1.29 is 4.74 Å². The van der Waals surface area contributed by atoms with Crippen molar-refractivity contribution in [1.82, 2.24) is 4.98 Å². The van der Waals surface area contributed by atoms with Crippen molar-refractivity contribution in [1.29, 1.82) is 0 Å². The Bertz CT molecular complexity index is 485. The smallest absolute Gasteiger partial charge is 0.120 e. The lowest BCUT2D eigenvalue weighted by molar-refractivity contribution is 0.305. The van der Waals surface area contributed by atoms with Crippen molar-refractivity contribution in [3.05, 3.63) is 58.3 Å². The predicted molar refractivity (Wildman–Crippen MR) is 67.4 cm³/mol. The van der Waals surface area contributed by atoms with Gasteiger partial charge in [0.25, 0.3) is 0 Å². The molecule has 0 fully saturated rings. The molecule has 3 heteroatoms. The Hall–Kier alpha value is -1.35. The molecule has 0 saturated carbocycles. The van der Waals surface area contributed by atoms with Crippen LogP contribution in [0.5, 0.6) is 5.75 Å². The summed E-state index contributed by atoms with van der Waals surface area (Å²) in [5.41, 5.74) is 2.24. The maximum Gasteiger partial charge on any atom is 0.120 e. The molecule has 0 atom stereocenters. The summed E-state index contributed by atoms with van der Waals surface area (Å²) in [4.78, 5) is 4.07. The van der Waals surface area contributed by atoms with Gasteiger partial charge >= 0.3 is 0 Å². The van der Waals surface area contributed by atoms with Crippen LogP contribution in [0.25, 0.3) is 0 Å². The lowest BCUT2D eigenvalue weighted by atomic mass is 10.2. The van der Waals surface area contributed by atoms with Gasteiger partial charge in [-0.15, -0.1) is 0 Å². The first kappa shape index (κ1) is 11.1. The SMILES string of the molecule is Cc1cccc(OCc2cnccc2Br)c1. The molecule has 2 rings (SSSR count). The monoisotopic (exact) mass is 277 g/mol. The predicted octanol–water partition coefficient (Wildman–Crippen LogP) is 3.73. The number of ether oxygens (including phenoxy) is 1. The lowest BCUT2D eigenvalue weighted by Gasteiger charge is -2.07. The molecule has 16 heavy (non-hydrogen) atoms. The molecule has 0 spiro atoms. The number of hydrogen-bond donors (Lipinski definition) is 0. The maximum atomic E-state index is 5.68. The second kappa shape index (κ2) is 5.12. The van der Waals surface area contributed by atoms with Gasteiger partial charge in [0, 0.05) is 22.4 Å². The molecule has 2 aromatic rings. The Labute approximate surface area is 103 Å². The second-order valence-corrected chi connectivity index (χ2v) is 4.43. The molecule has 0 amide bonds. The Morgan fingerprint density at radius 1 is 1.31 bits per heavy atom. The summed E-state index contributed by atoms with van der Waals surface area (Å²) in [6.45, 7) is 2.57. The first-order valence-electron chi connectivity index (χ1n) is 5.03. The molecule has 0 saturated heterocycles. The molecular weight excluding hydrogens is 266 g/mol. The van der Waals surface area contributed by atoms with Gasteiger partial charge in [-0.3, -0.25) is 4.98 Å². The van der Waals surface area contributed by atoms with Gasteiger partial charge in [-0.25, -0.2) is 0 Å². The van der Waals surface area contributed by atoms with Crippen LogP contribution in [-0.2, 0) is 6.61 Å². The van der Waals surface area contributed by atoms with Crippen LogP contribution >= 0.6 is 15.9 Å². The number of nitrogens with zero attached hydrogens (tertiary/aromatic N) is 1. The summed E-state index contributed by atoms with van der Waals surface area (Å²) in [6, 6.07) is 9.92. The Morgan fingerprint density at radius 3 is 2.94 bits per heavy atom. The summed E-state index contributed by atoms with van der Waals surface area (Å²) in [5, 5.41) is 0. The summed E-state index contributed by atoms with van der Waals surface area (Å²) in [7, 11) is 0. The minimum atomic E-state index is 0.526. The minimum Gasteiger partial charge on any atom is -0.489 e. The molecule has 1 aromatic heterocycles. The second-order valence-electron chi connectivity index (χ2n) is 3.57. The number of rotatable bonds is 3. The number of aromatic nitrogens is 1. The highest BCUT2D eigenvalue weighted by Crippen LogP contribution is 2.18. The summed E-state index contributed by atoms with van der Waals surface area (Å²) < 4.78 is 6.71. The fraction of sp³-hybridized carbons (Fsp3) is 0.154. The van der Waals surface area contributed by atoms with Crippen molar-refractivity contribution in [2.75, 3.05) is 0 Å². The van der Waals surface area contributed by atoms with Crippen LogP contribution in [-0.4, -0.2) is 4.98 Å². The molecule has 0 bridgehead atoms. The van der Waals surface area contributed by atoms with E-state index in [-0.39, 0.29) is 0 Å². The van der Waals surface area contributed by atoms with Crippen molar-refractivity contribution in [3.63, 3.8) is 0 Å². The Morgan fingerprint density at radius 2 is 2.19 bits per heavy atom. The summed E-state index contributed by atoms with van der Waals surface area (Å²) in [5.74, 6) is 0.885. The Kier molecular flexibility index (Phi) is 3.57. The number of aryl methyl sites for hydroxylation is 1. The van der Waals surface area contributed by atoms with E-state index in [2.05, 4.69) is 20.9 Å². The van der Waals surface area contributed by atoms with Gasteiger partial charge in [-0.05, 0) is 30.7 Å². The third-order valence-corrected chi connectivity index (χ3v) is 3.00. The highest BCUT2D eigenvalue weighted by atomic mass is 79.9. The zero-order valence-corrected chi connectivity index (χ0v) is 10.6. The van der Waals surface area contributed by atoms with E-state index in [1.807, 2.05) is 37.3 Å². The largest absolute Gasteiger partial charge is 0.489 e. The fourth-order valence-corrected chi connectivity index (χ4v) is 1.72. The number of benzene rings is 1. The standard InChI is InChI=1S/C13H12BrNO/c1-10-3-2-4-12(7-10)16-9-11-8-15-6-5-13(11)14/h2-8H,9H2,1H3. The van der Waals surface area contributed by atoms with Gasteiger partial charge in [-0.2, -0.15) is 0 Å². The third kappa shape index (κ3) is 2.83. The van der Waals surface area contributed by atoms with Gasteiger partial charge < -0.3 is 4.74 Å². The average molecular weight is 278 g/mol. The molecular formula is C13H12BrNO. The van der Waals surface area contributed by atoms with Crippen LogP contribution in [0.3, 0.4) is 0 Å². The zero-order chi connectivity index (χ0) is 11.4. The van der Waals surface area contributed by atoms with E-state index in [4.69, 9.17) is 4.74 Å². The first-order valence-corrected chi connectivity index (χ1v) is 5.83. The fourth-order valence-electron chi connectivity index (χ4n) is 1.38.